The molecule has 1 aliphatic heterocycles. The summed E-state index contributed by atoms with van der Waals surface area (Å²) in [5.74, 6) is 1.87. The molecule has 7 heteroatoms. The largest absolute Gasteiger partial charge is 0.493 e. The highest BCUT2D eigenvalue weighted by molar-refractivity contribution is 6.31. The van der Waals surface area contributed by atoms with E-state index in [2.05, 4.69) is 4.90 Å². The summed E-state index contributed by atoms with van der Waals surface area (Å²) >= 11 is 6.32. The first-order chi connectivity index (χ1) is 14.1. The lowest BCUT2D eigenvalue weighted by atomic mass is 10.0. The van der Waals surface area contributed by atoms with E-state index in [0.717, 1.165) is 37.2 Å². The molecule has 0 aromatic heterocycles. The highest BCUT2D eigenvalue weighted by Gasteiger charge is 2.16. The number of β-amino-alcohol motifs (C(OH)–C–C–N with tert-alkyl or cyclic N) is 1. The zero-order valence-electron chi connectivity index (χ0n) is 16.9. The van der Waals surface area contributed by atoms with E-state index in [4.69, 9.17) is 30.5 Å². The fourth-order valence-corrected chi connectivity index (χ4v) is 3.66. The van der Waals surface area contributed by atoms with Gasteiger partial charge in [-0.3, -0.25) is 4.90 Å². The maximum atomic E-state index is 10.4. The summed E-state index contributed by atoms with van der Waals surface area (Å²) in [5.41, 5.74) is 1.70. The number of hydrogen-bond acceptors (Lipinski definition) is 6. The van der Waals surface area contributed by atoms with Gasteiger partial charge in [0, 0.05) is 36.8 Å². The standard InChI is InChI=1S/C22H28ClNO5/c1-26-21-6-3-5-20(22(21)27-2)16-11-17(23)13-19(12-16)29-15-18(25)14-24-7-4-9-28-10-8-24/h3,5-6,11-13,18,25H,4,7-10,14-15H2,1-2H3. The third kappa shape index (κ3) is 6.00. The quantitative estimate of drug-likeness (QED) is 0.704. The van der Waals surface area contributed by atoms with Crippen molar-refractivity contribution in [2.45, 2.75) is 12.5 Å². The van der Waals surface area contributed by atoms with Gasteiger partial charge in [-0.2, -0.15) is 0 Å². The van der Waals surface area contributed by atoms with E-state index in [0.29, 0.717) is 35.4 Å². The van der Waals surface area contributed by atoms with Crippen LogP contribution in [0.3, 0.4) is 0 Å². The molecule has 3 rings (SSSR count). The van der Waals surface area contributed by atoms with Crippen LogP contribution in [0.5, 0.6) is 17.2 Å². The lowest BCUT2D eigenvalue weighted by Crippen LogP contribution is -2.37. The second-order valence-corrected chi connectivity index (χ2v) is 7.38. The Morgan fingerprint density at radius 3 is 2.79 bits per heavy atom. The van der Waals surface area contributed by atoms with Crippen LogP contribution < -0.4 is 14.2 Å². The lowest BCUT2D eigenvalue weighted by molar-refractivity contribution is 0.0659. The van der Waals surface area contributed by atoms with Gasteiger partial charge in [-0.15, -0.1) is 0 Å². The fraction of sp³-hybridized carbons (Fsp3) is 0.455. The van der Waals surface area contributed by atoms with Crippen molar-refractivity contribution in [3.8, 4) is 28.4 Å². The minimum atomic E-state index is -0.595. The number of benzene rings is 2. The molecule has 2 aromatic rings. The molecule has 1 fully saturated rings. The highest BCUT2D eigenvalue weighted by Crippen LogP contribution is 2.39. The maximum Gasteiger partial charge on any atom is 0.168 e. The average Bonchev–Trinajstić information content (AvgIpc) is 2.99. The number of aliphatic hydroxyl groups excluding tert-OH is 1. The SMILES string of the molecule is COc1cccc(-c2cc(Cl)cc(OCC(O)CN3CCCOCC3)c2)c1OC. The van der Waals surface area contributed by atoms with E-state index in [1.54, 1.807) is 20.3 Å². The number of methoxy groups -OCH3 is 2. The van der Waals surface area contributed by atoms with Crippen LogP contribution in [0.2, 0.25) is 5.02 Å². The van der Waals surface area contributed by atoms with Gasteiger partial charge in [-0.1, -0.05) is 23.7 Å². The van der Waals surface area contributed by atoms with Crippen molar-refractivity contribution in [1.82, 2.24) is 4.90 Å². The van der Waals surface area contributed by atoms with Gasteiger partial charge in [0.1, 0.15) is 18.5 Å². The van der Waals surface area contributed by atoms with Crippen molar-refractivity contribution in [3.05, 3.63) is 41.4 Å². The van der Waals surface area contributed by atoms with Crippen LogP contribution in [-0.4, -0.2) is 69.8 Å². The van der Waals surface area contributed by atoms with Crippen LogP contribution in [0.15, 0.2) is 36.4 Å². The normalized spacial score (nSPS) is 16.1. The Morgan fingerprint density at radius 1 is 1.14 bits per heavy atom. The Bertz CT molecular complexity index is 793. The summed E-state index contributed by atoms with van der Waals surface area (Å²) in [5, 5.41) is 10.9. The van der Waals surface area contributed by atoms with Crippen LogP contribution in [0.4, 0.5) is 0 Å². The topological polar surface area (TPSA) is 60.4 Å². The number of halogens is 1. The molecule has 0 amide bonds. The molecule has 158 valence electrons. The third-order valence-corrected chi connectivity index (χ3v) is 5.03. The van der Waals surface area contributed by atoms with Crippen LogP contribution in [0.25, 0.3) is 11.1 Å². The first-order valence-corrected chi connectivity index (χ1v) is 10.1. The monoisotopic (exact) mass is 421 g/mol. The molecule has 0 spiro atoms. The van der Waals surface area contributed by atoms with Gasteiger partial charge in [-0.25, -0.2) is 0 Å². The number of ether oxygens (including phenoxy) is 4. The molecule has 6 nitrogen and oxygen atoms in total. The summed E-state index contributed by atoms with van der Waals surface area (Å²) in [6, 6.07) is 11.1. The Morgan fingerprint density at radius 2 is 2.00 bits per heavy atom. The summed E-state index contributed by atoms with van der Waals surface area (Å²) in [7, 11) is 3.21. The maximum absolute atomic E-state index is 10.4. The minimum Gasteiger partial charge on any atom is -0.493 e. The number of rotatable bonds is 8. The number of hydrogen-bond donors (Lipinski definition) is 1. The van der Waals surface area contributed by atoms with E-state index < -0.39 is 6.10 Å². The molecule has 0 saturated carbocycles. The molecule has 1 atom stereocenters. The summed E-state index contributed by atoms with van der Waals surface area (Å²) in [4.78, 5) is 2.20. The van der Waals surface area contributed by atoms with Crippen LogP contribution in [0.1, 0.15) is 6.42 Å². The minimum absolute atomic E-state index is 0.187. The average molecular weight is 422 g/mol. The van der Waals surface area contributed by atoms with Gasteiger partial charge < -0.3 is 24.1 Å². The second kappa shape index (κ2) is 10.7. The van der Waals surface area contributed by atoms with Gasteiger partial charge in [0.2, 0.25) is 0 Å². The zero-order valence-corrected chi connectivity index (χ0v) is 17.7. The van der Waals surface area contributed by atoms with Gasteiger partial charge in [0.05, 0.1) is 20.8 Å². The molecule has 2 aromatic carbocycles. The molecule has 1 heterocycles. The molecular formula is C22H28ClNO5. The van der Waals surface area contributed by atoms with E-state index >= 15 is 0 Å². The zero-order chi connectivity index (χ0) is 20.6. The van der Waals surface area contributed by atoms with Gasteiger partial charge in [0.15, 0.2) is 11.5 Å². The van der Waals surface area contributed by atoms with Gasteiger partial charge in [-0.05, 0) is 36.2 Å². The Balaban J connectivity index is 1.69. The Labute approximate surface area is 176 Å². The summed E-state index contributed by atoms with van der Waals surface area (Å²) in [6.07, 6.45) is 0.384. The van der Waals surface area contributed by atoms with E-state index in [1.165, 1.54) is 0 Å². The second-order valence-electron chi connectivity index (χ2n) is 6.95. The molecule has 0 radical (unpaired) electrons. The molecule has 1 unspecified atom stereocenters. The summed E-state index contributed by atoms with van der Waals surface area (Å²) in [6.45, 7) is 3.98. The fourth-order valence-electron chi connectivity index (χ4n) is 3.44. The van der Waals surface area contributed by atoms with Crippen LogP contribution in [0, 0.1) is 0 Å². The predicted molar refractivity (Wildman–Crippen MR) is 113 cm³/mol. The number of aliphatic hydroxyl groups is 1. The molecule has 1 N–H and O–H groups in total. The molecular weight excluding hydrogens is 394 g/mol. The Hall–Kier alpha value is -1.99. The molecule has 1 saturated heterocycles. The van der Waals surface area contributed by atoms with E-state index in [1.807, 2.05) is 30.3 Å². The van der Waals surface area contributed by atoms with Crippen LogP contribution >= 0.6 is 11.6 Å². The lowest BCUT2D eigenvalue weighted by Gasteiger charge is -2.22. The Kier molecular flexibility index (Phi) is 8.00. The molecule has 0 bridgehead atoms. The van der Waals surface area contributed by atoms with Crippen molar-refractivity contribution >= 4 is 11.6 Å². The highest BCUT2D eigenvalue weighted by atomic mass is 35.5. The molecule has 29 heavy (non-hydrogen) atoms. The van der Waals surface area contributed by atoms with Crippen molar-refractivity contribution < 1.29 is 24.1 Å². The van der Waals surface area contributed by atoms with Crippen molar-refractivity contribution in [2.75, 3.05) is 53.7 Å². The van der Waals surface area contributed by atoms with E-state index in [-0.39, 0.29) is 6.61 Å². The smallest absolute Gasteiger partial charge is 0.168 e. The van der Waals surface area contributed by atoms with E-state index in [9.17, 15) is 5.11 Å². The first-order valence-electron chi connectivity index (χ1n) is 9.73. The first kappa shape index (κ1) is 21.7. The van der Waals surface area contributed by atoms with Gasteiger partial charge in [0.25, 0.3) is 0 Å². The van der Waals surface area contributed by atoms with Crippen molar-refractivity contribution in [2.24, 2.45) is 0 Å². The summed E-state index contributed by atoms with van der Waals surface area (Å²) < 4.78 is 22.2. The van der Waals surface area contributed by atoms with Gasteiger partial charge >= 0.3 is 0 Å². The molecule has 1 aliphatic rings. The number of para-hydroxylation sites is 1. The van der Waals surface area contributed by atoms with Crippen molar-refractivity contribution in [1.29, 1.82) is 0 Å². The predicted octanol–water partition coefficient (Wildman–Crippen LogP) is 3.49. The number of nitrogens with zero attached hydrogens (tertiary/aromatic N) is 1. The third-order valence-electron chi connectivity index (χ3n) is 4.81. The van der Waals surface area contributed by atoms with Crippen molar-refractivity contribution in [3.63, 3.8) is 0 Å². The van der Waals surface area contributed by atoms with Crippen LogP contribution in [-0.2, 0) is 4.74 Å². The molecule has 0 aliphatic carbocycles.